The summed E-state index contributed by atoms with van der Waals surface area (Å²) >= 11 is 0. The Kier molecular flexibility index (Phi) is 7.93. The molecule has 4 nitrogen and oxygen atoms in total. The molecule has 3 rings (SSSR count). The number of hydrogen-bond acceptors (Lipinski definition) is 2. The van der Waals surface area contributed by atoms with E-state index in [1.165, 1.54) is 12.1 Å². The first kappa shape index (κ1) is 22.2. The molecule has 31 heavy (non-hydrogen) atoms. The number of amides is 2. The van der Waals surface area contributed by atoms with E-state index in [0.29, 0.717) is 13.0 Å². The van der Waals surface area contributed by atoms with Crippen LogP contribution in [0.25, 0.3) is 0 Å². The number of nitrogens with zero attached hydrogens (tertiary/aromatic N) is 1. The van der Waals surface area contributed by atoms with Gasteiger partial charge in [0.2, 0.25) is 11.8 Å². The fourth-order valence-electron chi connectivity index (χ4n) is 3.50. The van der Waals surface area contributed by atoms with E-state index in [4.69, 9.17) is 0 Å². The van der Waals surface area contributed by atoms with E-state index in [0.717, 1.165) is 16.7 Å². The maximum atomic E-state index is 13.4. The highest BCUT2D eigenvalue weighted by atomic mass is 19.1. The number of carbonyl (C=O) groups is 2. The quantitative estimate of drug-likeness (QED) is 0.568. The first-order valence-corrected chi connectivity index (χ1v) is 10.5. The summed E-state index contributed by atoms with van der Waals surface area (Å²) in [5, 5.41) is 2.87. The fraction of sp³-hybridized carbons (Fsp3) is 0.231. The van der Waals surface area contributed by atoms with Gasteiger partial charge in [0.05, 0.1) is 6.42 Å². The monoisotopic (exact) mass is 418 g/mol. The second-order valence-electron chi connectivity index (χ2n) is 7.41. The summed E-state index contributed by atoms with van der Waals surface area (Å²) in [6.07, 6.45) is 0.584. The Morgan fingerprint density at radius 1 is 0.839 bits per heavy atom. The molecule has 0 saturated carbocycles. The second-order valence-corrected chi connectivity index (χ2v) is 7.41. The van der Waals surface area contributed by atoms with E-state index in [1.54, 1.807) is 17.0 Å². The van der Waals surface area contributed by atoms with Crippen LogP contribution in [0.15, 0.2) is 84.9 Å². The minimum absolute atomic E-state index is 0.150. The Labute approximate surface area is 182 Å². The minimum Gasteiger partial charge on any atom is -0.355 e. The van der Waals surface area contributed by atoms with Gasteiger partial charge in [0.25, 0.3) is 0 Å². The highest BCUT2D eigenvalue weighted by Gasteiger charge is 2.30. The standard InChI is InChI=1S/C26H27FN2O2/c1-2-28-26(31)24(17-20-9-5-3-6-10-20)29(19-22-13-15-23(27)16-14-22)25(30)18-21-11-7-4-8-12-21/h3-16,24H,2,17-19H2,1H3,(H,28,31)/t24-/m0/s1. The summed E-state index contributed by atoms with van der Waals surface area (Å²) in [4.78, 5) is 28.0. The molecule has 0 spiro atoms. The van der Waals surface area contributed by atoms with Gasteiger partial charge in [0.1, 0.15) is 11.9 Å². The van der Waals surface area contributed by atoms with E-state index in [1.807, 2.05) is 67.6 Å². The highest BCUT2D eigenvalue weighted by Crippen LogP contribution is 2.17. The molecule has 0 bridgehead atoms. The number of rotatable bonds is 9. The van der Waals surface area contributed by atoms with Crippen molar-refractivity contribution in [1.29, 1.82) is 0 Å². The normalized spacial score (nSPS) is 11.5. The third-order valence-electron chi connectivity index (χ3n) is 5.09. The lowest BCUT2D eigenvalue weighted by Gasteiger charge is -2.31. The van der Waals surface area contributed by atoms with E-state index in [2.05, 4.69) is 5.32 Å². The van der Waals surface area contributed by atoms with Gasteiger partial charge in [0, 0.05) is 19.5 Å². The maximum absolute atomic E-state index is 13.4. The van der Waals surface area contributed by atoms with Gasteiger partial charge in [-0.2, -0.15) is 0 Å². The Morgan fingerprint density at radius 2 is 1.42 bits per heavy atom. The molecule has 0 aliphatic heterocycles. The first-order chi connectivity index (χ1) is 15.1. The van der Waals surface area contributed by atoms with E-state index in [9.17, 15) is 14.0 Å². The molecule has 0 aliphatic rings. The van der Waals surface area contributed by atoms with Gasteiger partial charge in [-0.1, -0.05) is 72.8 Å². The van der Waals surface area contributed by atoms with Gasteiger partial charge in [-0.05, 0) is 35.7 Å². The predicted octanol–water partition coefficient (Wildman–Crippen LogP) is 4.14. The number of hydrogen-bond donors (Lipinski definition) is 1. The van der Waals surface area contributed by atoms with Crippen molar-refractivity contribution in [3.63, 3.8) is 0 Å². The third-order valence-corrected chi connectivity index (χ3v) is 5.09. The number of nitrogens with one attached hydrogen (secondary N) is 1. The molecule has 0 unspecified atom stereocenters. The molecule has 1 N–H and O–H groups in total. The lowest BCUT2D eigenvalue weighted by Crippen LogP contribution is -2.50. The molecule has 2 amide bonds. The number of halogens is 1. The molecule has 0 radical (unpaired) electrons. The lowest BCUT2D eigenvalue weighted by atomic mass is 10.0. The van der Waals surface area contributed by atoms with Crippen LogP contribution in [-0.2, 0) is 29.0 Å². The molecule has 0 fully saturated rings. The Bertz CT molecular complexity index is 975. The predicted molar refractivity (Wildman–Crippen MR) is 120 cm³/mol. The van der Waals surface area contributed by atoms with Crippen molar-refractivity contribution in [2.24, 2.45) is 0 Å². The van der Waals surface area contributed by atoms with Crippen molar-refractivity contribution in [2.75, 3.05) is 6.54 Å². The van der Waals surface area contributed by atoms with Crippen molar-refractivity contribution in [3.05, 3.63) is 107 Å². The largest absolute Gasteiger partial charge is 0.355 e. The molecule has 1 atom stereocenters. The number of carbonyl (C=O) groups excluding carboxylic acids is 2. The Morgan fingerprint density at radius 3 is 2.00 bits per heavy atom. The number of likely N-dealkylation sites (N-methyl/N-ethyl adjacent to an activating group) is 1. The molecular formula is C26H27FN2O2. The van der Waals surface area contributed by atoms with Crippen LogP contribution in [0.3, 0.4) is 0 Å². The molecule has 0 heterocycles. The molecule has 3 aromatic carbocycles. The molecule has 160 valence electrons. The van der Waals surface area contributed by atoms with Crippen molar-refractivity contribution in [2.45, 2.75) is 32.4 Å². The van der Waals surface area contributed by atoms with Crippen LogP contribution >= 0.6 is 0 Å². The van der Waals surface area contributed by atoms with Crippen LogP contribution in [0.5, 0.6) is 0 Å². The summed E-state index contributed by atoms with van der Waals surface area (Å²) in [6.45, 7) is 2.55. The topological polar surface area (TPSA) is 49.4 Å². The zero-order chi connectivity index (χ0) is 22.1. The van der Waals surface area contributed by atoms with Crippen molar-refractivity contribution >= 4 is 11.8 Å². The summed E-state index contributed by atoms with van der Waals surface area (Å²) < 4.78 is 13.4. The van der Waals surface area contributed by atoms with E-state index < -0.39 is 6.04 Å². The summed E-state index contributed by atoms with van der Waals surface area (Å²) in [5.74, 6) is -0.687. The molecule has 0 aliphatic carbocycles. The number of benzene rings is 3. The first-order valence-electron chi connectivity index (χ1n) is 10.5. The van der Waals surface area contributed by atoms with Crippen molar-refractivity contribution in [1.82, 2.24) is 10.2 Å². The van der Waals surface area contributed by atoms with Crippen LogP contribution in [0, 0.1) is 5.82 Å². The maximum Gasteiger partial charge on any atom is 0.243 e. The van der Waals surface area contributed by atoms with Gasteiger partial charge in [-0.3, -0.25) is 9.59 Å². The smallest absolute Gasteiger partial charge is 0.243 e. The average molecular weight is 419 g/mol. The summed E-state index contributed by atoms with van der Waals surface area (Å²) in [7, 11) is 0. The highest BCUT2D eigenvalue weighted by molar-refractivity contribution is 5.88. The molecule has 0 saturated heterocycles. The molecular weight excluding hydrogens is 391 g/mol. The Balaban J connectivity index is 1.93. The molecule has 0 aromatic heterocycles. The minimum atomic E-state index is -0.677. The molecule has 5 heteroatoms. The third kappa shape index (κ3) is 6.51. The van der Waals surface area contributed by atoms with Crippen molar-refractivity contribution in [3.8, 4) is 0 Å². The zero-order valence-corrected chi connectivity index (χ0v) is 17.6. The average Bonchev–Trinajstić information content (AvgIpc) is 2.79. The van der Waals surface area contributed by atoms with Crippen LogP contribution in [0.2, 0.25) is 0 Å². The van der Waals surface area contributed by atoms with Crippen LogP contribution in [0.1, 0.15) is 23.6 Å². The Hall–Kier alpha value is -3.47. The van der Waals surface area contributed by atoms with Crippen molar-refractivity contribution < 1.29 is 14.0 Å². The van der Waals surface area contributed by atoms with E-state index >= 15 is 0 Å². The van der Waals surface area contributed by atoms with Gasteiger partial charge in [0.15, 0.2) is 0 Å². The molecule has 3 aromatic rings. The second kappa shape index (κ2) is 11.1. The van der Waals surface area contributed by atoms with Gasteiger partial charge in [-0.15, -0.1) is 0 Å². The van der Waals surface area contributed by atoms with E-state index in [-0.39, 0.29) is 30.6 Å². The fourth-order valence-corrected chi connectivity index (χ4v) is 3.50. The van der Waals surface area contributed by atoms with Crippen LogP contribution < -0.4 is 5.32 Å². The summed E-state index contributed by atoms with van der Waals surface area (Å²) in [5.41, 5.74) is 2.62. The lowest BCUT2D eigenvalue weighted by molar-refractivity contribution is -0.140. The SMILES string of the molecule is CCNC(=O)[C@H](Cc1ccccc1)N(Cc1ccc(F)cc1)C(=O)Cc1ccccc1. The van der Waals surface area contributed by atoms with Crippen LogP contribution in [0.4, 0.5) is 4.39 Å². The summed E-state index contributed by atoms with van der Waals surface area (Å²) in [6, 6.07) is 24.5. The zero-order valence-electron chi connectivity index (χ0n) is 17.6. The van der Waals surface area contributed by atoms with Gasteiger partial charge in [-0.25, -0.2) is 4.39 Å². The van der Waals surface area contributed by atoms with Gasteiger partial charge >= 0.3 is 0 Å². The van der Waals surface area contributed by atoms with Crippen LogP contribution in [-0.4, -0.2) is 29.3 Å². The van der Waals surface area contributed by atoms with Gasteiger partial charge < -0.3 is 10.2 Å².